The SMILES string of the molecule is Cc1ccc(C(=O)N2c3ccccc3CCC2C)c(C)c1. The van der Waals surface area contributed by atoms with E-state index in [-0.39, 0.29) is 11.9 Å². The zero-order chi connectivity index (χ0) is 15.0. The molecule has 0 aliphatic carbocycles. The Morgan fingerprint density at radius 2 is 1.90 bits per heavy atom. The van der Waals surface area contributed by atoms with Crippen LogP contribution in [0, 0.1) is 13.8 Å². The molecule has 1 aliphatic rings. The molecule has 0 spiro atoms. The molecule has 1 amide bonds. The fraction of sp³-hybridized carbons (Fsp3) is 0.316. The highest BCUT2D eigenvalue weighted by Crippen LogP contribution is 2.32. The van der Waals surface area contributed by atoms with Crippen LogP contribution in [-0.2, 0) is 6.42 Å². The Kier molecular flexibility index (Phi) is 3.54. The van der Waals surface area contributed by atoms with E-state index < -0.39 is 0 Å². The Hall–Kier alpha value is -2.09. The van der Waals surface area contributed by atoms with Crippen LogP contribution < -0.4 is 4.90 Å². The third-order valence-electron chi connectivity index (χ3n) is 4.35. The molecule has 1 heterocycles. The van der Waals surface area contributed by atoms with Gasteiger partial charge in [0.1, 0.15) is 0 Å². The molecule has 2 heteroatoms. The van der Waals surface area contributed by atoms with Crippen LogP contribution in [0.1, 0.15) is 40.4 Å². The number of nitrogens with zero attached hydrogens (tertiary/aromatic N) is 1. The Morgan fingerprint density at radius 3 is 2.67 bits per heavy atom. The Balaban J connectivity index is 2.05. The summed E-state index contributed by atoms with van der Waals surface area (Å²) in [6.45, 7) is 6.21. The van der Waals surface area contributed by atoms with Gasteiger partial charge < -0.3 is 4.90 Å². The molecule has 2 aromatic carbocycles. The van der Waals surface area contributed by atoms with Crippen LogP contribution in [0.5, 0.6) is 0 Å². The van der Waals surface area contributed by atoms with Gasteiger partial charge in [0.05, 0.1) is 0 Å². The van der Waals surface area contributed by atoms with Crippen molar-refractivity contribution in [2.24, 2.45) is 0 Å². The van der Waals surface area contributed by atoms with E-state index in [9.17, 15) is 4.79 Å². The van der Waals surface area contributed by atoms with Gasteiger partial charge in [0, 0.05) is 17.3 Å². The number of fused-ring (bicyclic) bond motifs is 1. The fourth-order valence-corrected chi connectivity index (χ4v) is 3.18. The Bertz CT molecular complexity index is 690. The molecule has 0 saturated heterocycles. The molecule has 21 heavy (non-hydrogen) atoms. The van der Waals surface area contributed by atoms with Gasteiger partial charge in [-0.2, -0.15) is 0 Å². The number of amides is 1. The van der Waals surface area contributed by atoms with Crippen molar-refractivity contribution >= 4 is 11.6 Å². The van der Waals surface area contributed by atoms with Crippen LogP contribution in [-0.4, -0.2) is 11.9 Å². The van der Waals surface area contributed by atoms with Gasteiger partial charge in [-0.05, 0) is 56.9 Å². The molecule has 0 bridgehead atoms. The quantitative estimate of drug-likeness (QED) is 0.762. The highest BCUT2D eigenvalue weighted by molar-refractivity contribution is 6.08. The lowest BCUT2D eigenvalue weighted by Gasteiger charge is -2.35. The zero-order valence-electron chi connectivity index (χ0n) is 12.9. The lowest BCUT2D eigenvalue weighted by molar-refractivity contribution is 0.0974. The molecule has 1 aliphatic heterocycles. The van der Waals surface area contributed by atoms with Crippen molar-refractivity contribution in [2.45, 2.75) is 39.7 Å². The molecule has 3 rings (SSSR count). The number of carbonyl (C=O) groups excluding carboxylic acids is 1. The first-order chi connectivity index (χ1) is 10.1. The maximum atomic E-state index is 13.0. The normalized spacial score (nSPS) is 17.5. The van der Waals surface area contributed by atoms with E-state index in [2.05, 4.69) is 38.1 Å². The highest BCUT2D eigenvalue weighted by Gasteiger charge is 2.29. The van der Waals surface area contributed by atoms with Gasteiger partial charge in [-0.25, -0.2) is 0 Å². The predicted octanol–water partition coefficient (Wildman–Crippen LogP) is 4.28. The van der Waals surface area contributed by atoms with Crippen molar-refractivity contribution in [3.8, 4) is 0 Å². The third-order valence-corrected chi connectivity index (χ3v) is 4.35. The van der Waals surface area contributed by atoms with E-state index in [1.54, 1.807) is 0 Å². The number of hydrogen-bond acceptors (Lipinski definition) is 1. The van der Waals surface area contributed by atoms with Gasteiger partial charge in [0.15, 0.2) is 0 Å². The monoisotopic (exact) mass is 279 g/mol. The van der Waals surface area contributed by atoms with Crippen molar-refractivity contribution in [1.82, 2.24) is 0 Å². The summed E-state index contributed by atoms with van der Waals surface area (Å²) in [4.78, 5) is 15.0. The smallest absolute Gasteiger partial charge is 0.258 e. The second kappa shape index (κ2) is 5.36. The van der Waals surface area contributed by atoms with Crippen molar-refractivity contribution in [3.63, 3.8) is 0 Å². The minimum atomic E-state index is 0.118. The number of hydrogen-bond donors (Lipinski definition) is 0. The van der Waals surface area contributed by atoms with Crippen LogP contribution in [0.4, 0.5) is 5.69 Å². The van der Waals surface area contributed by atoms with Crippen molar-refractivity contribution < 1.29 is 4.79 Å². The number of para-hydroxylation sites is 1. The van der Waals surface area contributed by atoms with Gasteiger partial charge in [-0.15, -0.1) is 0 Å². The van der Waals surface area contributed by atoms with Crippen LogP contribution in [0.3, 0.4) is 0 Å². The van der Waals surface area contributed by atoms with Crippen LogP contribution in [0.25, 0.3) is 0 Å². The summed E-state index contributed by atoms with van der Waals surface area (Å²) in [7, 11) is 0. The van der Waals surface area contributed by atoms with E-state index in [1.165, 1.54) is 11.1 Å². The average Bonchev–Trinajstić information content (AvgIpc) is 2.46. The van der Waals surface area contributed by atoms with Crippen molar-refractivity contribution in [2.75, 3.05) is 4.90 Å². The van der Waals surface area contributed by atoms with Crippen LogP contribution in [0.2, 0.25) is 0 Å². The first-order valence-electron chi connectivity index (χ1n) is 7.56. The number of benzene rings is 2. The summed E-state index contributed by atoms with van der Waals surface area (Å²) in [5.41, 5.74) is 5.39. The topological polar surface area (TPSA) is 20.3 Å². The van der Waals surface area contributed by atoms with Gasteiger partial charge in [0.25, 0.3) is 5.91 Å². The highest BCUT2D eigenvalue weighted by atomic mass is 16.2. The first-order valence-corrected chi connectivity index (χ1v) is 7.56. The fourth-order valence-electron chi connectivity index (χ4n) is 3.18. The largest absolute Gasteiger partial charge is 0.305 e. The molecule has 1 atom stereocenters. The summed E-state index contributed by atoms with van der Waals surface area (Å²) in [6, 6.07) is 14.5. The maximum absolute atomic E-state index is 13.0. The van der Waals surface area contributed by atoms with Crippen molar-refractivity contribution in [3.05, 3.63) is 64.7 Å². The molecular formula is C19H21NO. The molecule has 1 unspecified atom stereocenters. The molecule has 0 saturated carbocycles. The van der Waals surface area contributed by atoms with Gasteiger partial charge in [-0.3, -0.25) is 4.79 Å². The van der Waals surface area contributed by atoms with Gasteiger partial charge in [-0.1, -0.05) is 35.9 Å². The third kappa shape index (κ3) is 2.46. The number of rotatable bonds is 1. The minimum absolute atomic E-state index is 0.118. The molecule has 0 fully saturated rings. The van der Waals surface area contributed by atoms with E-state index in [0.29, 0.717) is 0 Å². The van der Waals surface area contributed by atoms with E-state index >= 15 is 0 Å². The van der Waals surface area contributed by atoms with E-state index in [0.717, 1.165) is 29.7 Å². The maximum Gasteiger partial charge on any atom is 0.258 e. The molecule has 0 N–H and O–H groups in total. The number of carbonyl (C=O) groups is 1. The predicted molar refractivity (Wildman–Crippen MR) is 87.0 cm³/mol. The van der Waals surface area contributed by atoms with E-state index in [4.69, 9.17) is 0 Å². The molecule has 2 nitrogen and oxygen atoms in total. The Labute approximate surface area is 126 Å². The average molecular weight is 279 g/mol. The van der Waals surface area contributed by atoms with E-state index in [1.807, 2.05) is 30.0 Å². The van der Waals surface area contributed by atoms with Crippen molar-refractivity contribution in [1.29, 1.82) is 0 Å². The lowest BCUT2D eigenvalue weighted by atomic mass is 9.95. The van der Waals surface area contributed by atoms with Gasteiger partial charge >= 0.3 is 0 Å². The Morgan fingerprint density at radius 1 is 1.14 bits per heavy atom. The first kappa shape index (κ1) is 13.9. The molecule has 0 aromatic heterocycles. The second-order valence-corrected chi connectivity index (χ2v) is 6.01. The lowest BCUT2D eigenvalue weighted by Crippen LogP contribution is -2.42. The molecule has 2 aromatic rings. The number of aryl methyl sites for hydroxylation is 3. The zero-order valence-corrected chi connectivity index (χ0v) is 12.9. The summed E-state index contributed by atoms with van der Waals surface area (Å²) >= 11 is 0. The van der Waals surface area contributed by atoms with Crippen LogP contribution in [0.15, 0.2) is 42.5 Å². The summed E-state index contributed by atoms with van der Waals surface area (Å²) < 4.78 is 0. The second-order valence-electron chi connectivity index (χ2n) is 6.01. The molecule has 108 valence electrons. The molecule has 0 radical (unpaired) electrons. The summed E-state index contributed by atoms with van der Waals surface area (Å²) in [5, 5.41) is 0. The minimum Gasteiger partial charge on any atom is -0.305 e. The summed E-state index contributed by atoms with van der Waals surface area (Å²) in [5.74, 6) is 0.118. The van der Waals surface area contributed by atoms with Gasteiger partial charge in [0.2, 0.25) is 0 Å². The molecular weight excluding hydrogens is 258 g/mol. The standard InChI is InChI=1S/C19H21NO/c1-13-8-11-17(14(2)12-13)19(21)20-15(3)9-10-16-6-4-5-7-18(16)20/h4-8,11-12,15H,9-10H2,1-3H3. The number of anilines is 1. The summed E-state index contributed by atoms with van der Waals surface area (Å²) in [6.07, 6.45) is 2.07. The van der Waals surface area contributed by atoms with Crippen LogP contribution >= 0.6 is 0 Å².